The number of sulfonamides is 1. The van der Waals surface area contributed by atoms with E-state index < -0.39 is 48.8 Å². The van der Waals surface area contributed by atoms with Gasteiger partial charge in [0.25, 0.3) is 21.6 Å². The van der Waals surface area contributed by atoms with E-state index in [0.29, 0.717) is 0 Å². The number of nitro benzene ring substituents is 1. The number of carbonyl (C=O) groups excluding carboxylic acids is 1. The fourth-order valence-corrected chi connectivity index (χ4v) is 3.64. The van der Waals surface area contributed by atoms with Gasteiger partial charge in [0.2, 0.25) is 11.6 Å². The van der Waals surface area contributed by atoms with Crippen LogP contribution >= 0.6 is 11.6 Å². The largest absolute Gasteiger partial charge is 0.356 e. The number of nitrogens with one attached hydrogen (secondary N) is 4. The van der Waals surface area contributed by atoms with Crippen molar-refractivity contribution in [3.05, 3.63) is 85.2 Å². The number of benzene rings is 2. The van der Waals surface area contributed by atoms with Gasteiger partial charge in [-0.05, 0) is 31.2 Å². The molecule has 2 aromatic carbocycles. The molecule has 1 heterocycles. The Morgan fingerprint density at radius 2 is 1.60 bits per heavy atom. The third kappa shape index (κ3) is 5.94. The summed E-state index contributed by atoms with van der Waals surface area (Å²) in [5, 5.41) is 22.4. The summed E-state index contributed by atoms with van der Waals surface area (Å²) >= 11 is 5.71. The van der Waals surface area contributed by atoms with Crippen LogP contribution in [0.1, 0.15) is 15.9 Å². The van der Waals surface area contributed by atoms with Crippen LogP contribution in [0.25, 0.3) is 0 Å². The maximum Gasteiger partial charge on any atom is 0.356 e. The van der Waals surface area contributed by atoms with Crippen LogP contribution in [-0.2, 0) is 10.0 Å². The molecular weight excluding hydrogens is 508 g/mol. The molecule has 0 aliphatic heterocycles. The number of hydrogen-bond donors (Lipinski definition) is 4. The lowest BCUT2D eigenvalue weighted by Gasteiger charge is -2.12. The standard InChI is InChI=1S/C18H15ClN8O7S/c1-10-2-5-12(6-3-10)35(33,34)25-23-17-15(27(31)32)16(20-9-21-17)22-24-18(28)11-4-7-13(19)14(8-11)26(29)30/h2-9,25H,1H3,(H,24,28)(H2,20,21,22,23). The third-order valence-electron chi connectivity index (χ3n) is 4.34. The van der Waals surface area contributed by atoms with Gasteiger partial charge in [-0.2, -0.15) is 0 Å². The molecule has 182 valence electrons. The molecule has 0 aliphatic rings. The zero-order chi connectivity index (χ0) is 25.8. The molecule has 15 nitrogen and oxygen atoms in total. The number of halogens is 1. The molecule has 0 atom stereocenters. The van der Waals surface area contributed by atoms with Crippen molar-refractivity contribution in [1.29, 1.82) is 0 Å². The first-order valence-corrected chi connectivity index (χ1v) is 11.2. The molecule has 0 saturated carbocycles. The van der Waals surface area contributed by atoms with Crippen molar-refractivity contribution in [2.45, 2.75) is 11.8 Å². The van der Waals surface area contributed by atoms with E-state index in [-0.39, 0.29) is 15.5 Å². The van der Waals surface area contributed by atoms with Gasteiger partial charge < -0.3 is 0 Å². The van der Waals surface area contributed by atoms with E-state index in [0.717, 1.165) is 24.0 Å². The normalized spacial score (nSPS) is 10.9. The van der Waals surface area contributed by atoms with E-state index in [1.54, 1.807) is 19.1 Å². The monoisotopic (exact) mass is 522 g/mol. The molecule has 0 unspecified atom stereocenters. The molecule has 0 aliphatic carbocycles. The number of amides is 1. The summed E-state index contributed by atoms with van der Waals surface area (Å²) in [6.07, 6.45) is 0.872. The third-order valence-corrected chi connectivity index (χ3v) is 5.92. The fourth-order valence-electron chi connectivity index (χ4n) is 2.61. The number of carbonyl (C=O) groups is 1. The summed E-state index contributed by atoms with van der Waals surface area (Å²) in [6, 6.07) is 9.09. The number of nitrogens with zero attached hydrogens (tertiary/aromatic N) is 4. The first-order chi connectivity index (χ1) is 16.5. The minimum absolute atomic E-state index is 0.102. The van der Waals surface area contributed by atoms with Gasteiger partial charge >= 0.3 is 5.69 Å². The molecule has 1 amide bonds. The number of rotatable bonds is 9. The van der Waals surface area contributed by atoms with Crippen molar-refractivity contribution >= 4 is 50.5 Å². The maximum absolute atomic E-state index is 12.4. The Hall–Kier alpha value is -4.41. The minimum atomic E-state index is -4.11. The highest BCUT2D eigenvalue weighted by Gasteiger charge is 2.25. The van der Waals surface area contributed by atoms with Crippen molar-refractivity contribution in [2.75, 3.05) is 10.9 Å². The molecule has 3 rings (SSSR count). The van der Waals surface area contributed by atoms with Crippen molar-refractivity contribution in [3.63, 3.8) is 0 Å². The summed E-state index contributed by atoms with van der Waals surface area (Å²) in [5.41, 5.74) is 5.83. The highest BCUT2D eigenvalue weighted by molar-refractivity contribution is 7.89. The highest BCUT2D eigenvalue weighted by atomic mass is 35.5. The molecule has 0 bridgehead atoms. The van der Waals surface area contributed by atoms with Gasteiger partial charge in [-0.1, -0.05) is 29.3 Å². The molecule has 35 heavy (non-hydrogen) atoms. The van der Waals surface area contributed by atoms with Crippen LogP contribution in [0.15, 0.2) is 53.7 Å². The smallest absolute Gasteiger partial charge is 0.286 e. The van der Waals surface area contributed by atoms with Crippen LogP contribution in [0.3, 0.4) is 0 Å². The van der Waals surface area contributed by atoms with Gasteiger partial charge in [0.1, 0.15) is 11.3 Å². The zero-order valence-electron chi connectivity index (χ0n) is 17.6. The molecule has 1 aromatic heterocycles. The first kappa shape index (κ1) is 25.2. The number of hydrazine groups is 2. The summed E-state index contributed by atoms with van der Waals surface area (Å²) in [6.45, 7) is 1.77. The molecule has 0 fully saturated rings. The number of aromatic nitrogens is 2. The van der Waals surface area contributed by atoms with E-state index in [2.05, 4.69) is 26.2 Å². The van der Waals surface area contributed by atoms with Crippen molar-refractivity contribution in [1.82, 2.24) is 20.2 Å². The first-order valence-electron chi connectivity index (χ1n) is 9.34. The molecule has 0 spiro atoms. The van der Waals surface area contributed by atoms with Crippen LogP contribution in [0, 0.1) is 27.2 Å². The Kier molecular flexibility index (Phi) is 7.38. The Bertz CT molecular complexity index is 1420. The van der Waals surface area contributed by atoms with Gasteiger partial charge in [0.05, 0.1) is 14.7 Å². The average molecular weight is 523 g/mol. The van der Waals surface area contributed by atoms with Crippen molar-refractivity contribution in [3.8, 4) is 0 Å². The second-order valence-corrected chi connectivity index (χ2v) is 8.81. The lowest BCUT2D eigenvalue weighted by Crippen LogP contribution is -2.32. The van der Waals surface area contributed by atoms with Gasteiger partial charge in [-0.25, -0.2) is 18.4 Å². The van der Waals surface area contributed by atoms with Crippen molar-refractivity contribution in [2.24, 2.45) is 0 Å². The van der Waals surface area contributed by atoms with Crippen LogP contribution in [0.2, 0.25) is 5.02 Å². The minimum Gasteiger partial charge on any atom is -0.286 e. The number of anilines is 2. The predicted octanol–water partition coefficient (Wildman–Crippen LogP) is 2.32. The maximum atomic E-state index is 12.4. The van der Waals surface area contributed by atoms with Gasteiger partial charge in [0, 0.05) is 11.6 Å². The summed E-state index contributed by atoms with van der Waals surface area (Å²) < 4.78 is 24.9. The van der Waals surface area contributed by atoms with Crippen LogP contribution in [0.5, 0.6) is 0 Å². The topological polar surface area (TPSA) is 211 Å². The van der Waals surface area contributed by atoms with Gasteiger partial charge in [0.15, 0.2) is 0 Å². The predicted molar refractivity (Wildman–Crippen MR) is 123 cm³/mol. The van der Waals surface area contributed by atoms with Gasteiger partial charge in [-0.15, -0.1) is 4.83 Å². The molecule has 3 aromatic rings. The quantitative estimate of drug-likeness (QED) is 0.236. The summed E-state index contributed by atoms with van der Waals surface area (Å²) in [4.78, 5) is 42.5. The highest BCUT2D eigenvalue weighted by Crippen LogP contribution is 2.28. The lowest BCUT2D eigenvalue weighted by molar-refractivity contribution is -0.384. The van der Waals surface area contributed by atoms with E-state index in [1.165, 1.54) is 18.2 Å². The molecule has 0 saturated heterocycles. The van der Waals surface area contributed by atoms with Crippen LogP contribution in [-0.4, -0.2) is 34.1 Å². The van der Waals surface area contributed by atoms with Crippen LogP contribution in [0.4, 0.5) is 23.0 Å². The fraction of sp³-hybridized carbons (Fsp3) is 0.0556. The second kappa shape index (κ2) is 10.2. The number of aryl methyl sites for hydroxylation is 1. The van der Waals surface area contributed by atoms with Gasteiger partial charge in [-0.3, -0.25) is 41.3 Å². The molecular formula is C18H15ClN8O7S. The zero-order valence-corrected chi connectivity index (χ0v) is 19.1. The van der Waals surface area contributed by atoms with E-state index in [4.69, 9.17) is 11.6 Å². The summed E-state index contributed by atoms with van der Waals surface area (Å²) in [7, 11) is -4.11. The lowest BCUT2D eigenvalue weighted by atomic mass is 10.2. The van der Waals surface area contributed by atoms with Crippen molar-refractivity contribution < 1.29 is 23.1 Å². The van der Waals surface area contributed by atoms with E-state index in [9.17, 15) is 33.4 Å². The Morgan fingerprint density at radius 1 is 0.971 bits per heavy atom. The SMILES string of the molecule is Cc1ccc(S(=O)(=O)NNc2ncnc(NNC(=O)c3ccc(Cl)c([N+](=O)[O-])c3)c2[N+](=O)[O-])cc1. The molecule has 0 radical (unpaired) electrons. The number of nitro groups is 2. The Morgan fingerprint density at radius 3 is 2.20 bits per heavy atom. The van der Waals surface area contributed by atoms with Crippen LogP contribution < -0.4 is 21.1 Å². The van der Waals surface area contributed by atoms with E-state index in [1.807, 2.05) is 4.83 Å². The summed E-state index contributed by atoms with van der Waals surface area (Å²) in [5.74, 6) is -1.93. The Balaban J connectivity index is 1.79. The molecule has 4 N–H and O–H groups in total. The Labute approximate surface area is 201 Å². The van der Waals surface area contributed by atoms with E-state index >= 15 is 0 Å². The number of hydrogen-bond acceptors (Lipinski definition) is 11. The molecule has 17 heteroatoms. The average Bonchev–Trinajstić information content (AvgIpc) is 2.81. The second-order valence-electron chi connectivity index (χ2n) is 6.72.